The highest BCUT2D eigenvalue weighted by atomic mass is 32.2. The number of phenolic OH excluding ortho intramolecular Hbond substituents is 1. The van der Waals surface area contributed by atoms with Crippen molar-refractivity contribution in [1.82, 2.24) is 9.73 Å². The van der Waals surface area contributed by atoms with Gasteiger partial charge in [-0.15, -0.1) is 0 Å². The van der Waals surface area contributed by atoms with Crippen molar-refractivity contribution < 1.29 is 18.3 Å². The number of aromatic hydroxyl groups is 1. The van der Waals surface area contributed by atoms with Gasteiger partial charge in [-0.3, -0.25) is 4.79 Å². The van der Waals surface area contributed by atoms with E-state index in [1.54, 1.807) is 32.0 Å². The predicted molar refractivity (Wildman–Crippen MR) is 133 cm³/mol. The first-order valence-electron chi connectivity index (χ1n) is 10.8. The second-order valence-electron chi connectivity index (χ2n) is 8.34. The molecule has 0 radical (unpaired) electrons. The zero-order valence-electron chi connectivity index (χ0n) is 19.7. The Morgan fingerprint density at radius 1 is 0.971 bits per heavy atom. The lowest BCUT2D eigenvalue weighted by Gasteiger charge is -2.24. The molecule has 0 aliphatic rings. The van der Waals surface area contributed by atoms with Gasteiger partial charge in [-0.05, 0) is 56.5 Å². The molecule has 178 valence electrons. The molecule has 3 rings (SSSR count). The third-order valence-corrected chi connectivity index (χ3v) is 7.43. The monoisotopic (exact) mass is 479 g/mol. The number of nitrogens with one attached hydrogen (secondary N) is 1. The van der Waals surface area contributed by atoms with Crippen LogP contribution in [-0.4, -0.2) is 36.5 Å². The first-order chi connectivity index (χ1) is 16.1. The number of sulfonamides is 1. The molecule has 3 aromatic carbocycles. The minimum atomic E-state index is -3.99. The summed E-state index contributed by atoms with van der Waals surface area (Å²) < 4.78 is 28.6. The summed E-state index contributed by atoms with van der Waals surface area (Å²) in [5.41, 5.74) is 6.83. The largest absolute Gasteiger partial charge is 0.507 e. The van der Waals surface area contributed by atoms with E-state index in [-0.39, 0.29) is 17.2 Å². The highest BCUT2D eigenvalue weighted by Crippen LogP contribution is 2.26. The molecule has 0 aliphatic carbocycles. The van der Waals surface area contributed by atoms with E-state index in [0.29, 0.717) is 16.7 Å². The molecule has 0 atom stereocenters. The normalized spacial score (nSPS) is 11.8. The number of carbonyl (C=O) groups is 1. The number of aryl methyl sites for hydroxylation is 4. The minimum Gasteiger partial charge on any atom is -0.507 e. The van der Waals surface area contributed by atoms with E-state index in [1.165, 1.54) is 12.3 Å². The summed E-state index contributed by atoms with van der Waals surface area (Å²) >= 11 is 0. The third-order valence-electron chi connectivity index (χ3n) is 5.33. The number of amides is 1. The molecular weight excluding hydrogens is 450 g/mol. The average Bonchev–Trinajstić information content (AvgIpc) is 2.75. The van der Waals surface area contributed by atoms with Gasteiger partial charge in [0, 0.05) is 12.1 Å². The van der Waals surface area contributed by atoms with Crippen molar-refractivity contribution in [3.05, 3.63) is 94.0 Å². The molecule has 0 bridgehead atoms. The predicted octanol–water partition coefficient (Wildman–Crippen LogP) is 3.97. The summed E-state index contributed by atoms with van der Waals surface area (Å²) in [6.07, 6.45) is 1.31. The molecule has 7 nitrogen and oxygen atoms in total. The van der Waals surface area contributed by atoms with Crippen LogP contribution in [0.25, 0.3) is 0 Å². The van der Waals surface area contributed by atoms with Crippen LogP contribution in [0.5, 0.6) is 5.75 Å². The van der Waals surface area contributed by atoms with Gasteiger partial charge in [0.05, 0.1) is 17.7 Å². The van der Waals surface area contributed by atoms with Crippen LogP contribution >= 0.6 is 0 Å². The van der Waals surface area contributed by atoms with E-state index in [2.05, 4.69) is 10.5 Å². The molecule has 1 amide bonds. The van der Waals surface area contributed by atoms with Gasteiger partial charge in [-0.1, -0.05) is 59.7 Å². The quantitative estimate of drug-likeness (QED) is 0.377. The maximum atomic E-state index is 13.7. The molecule has 8 heteroatoms. The number of nitrogens with zero attached hydrogens (tertiary/aromatic N) is 2. The minimum absolute atomic E-state index is 0.0226. The lowest BCUT2D eigenvalue weighted by molar-refractivity contribution is -0.121. The fraction of sp³-hybridized carbons (Fsp3) is 0.231. The molecule has 2 N–H and O–H groups in total. The summed E-state index contributed by atoms with van der Waals surface area (Å²) in [7, 11) is -3.99. The molecule has 0 unspecified atom stereocenters. The van der Waals surface area contributed by atoms with Crippen LogP contribution in [0.4, 0.5) is 0 Å². The van der Waals surface area contributed by atoms with E-state index in [9.17, 15) is 18.3 Å². The number of hydrogen-bond acceptors (Lipinski definition) is 5. The van der Waals surface area contributed by atoms with Gasteiger partial charge in [-0.25, -0.2) is 13.8 Å². The van der Waals surface area contributed by atoms with E-state index in [1.807, 2.05) is 50.2 Å². The fourth-order valence-electron chi connectivity index (χ4n) is 3.79. The molecule has 0 spiro atoms. The van der Waals surface area contributed by atoms with Crippen LogP contribution in [0.3, 0.4) is 0 Å². The number of benzene rings is 3. The molecule has 0 fully saturated rings. The highest BCUT2D eigenvalue weighted by Gasteiger charge is 2.30. The van der Waals surface area contributed by atoms with Gasteiger partial charge in [-0.2, -0.15) is 9.41 Å². The first-order valence-corrected chi connectivity index (χ1v) is 12.3. The number of para-hydroxylation sites is 1. The zero-order chi connectivity index (χ0) is 24.9. The van der Waals surface area contributed by atoms with Crippen LogP contribution < -0.4 is 5.43 Å². The SMILES string of the molecule is Cc1ccc(CN(CC(=O)NN=Cc2ccccc2O)S(=O)(=O)c2c(C)cc(C)cc2C)cc1. The van der Waals surface area contributed by atoms with E-state index < -0.39 is 22.5 Å². The Hall–Kier alpha value is -3.49. The fourth-order valence-corrected chi connectivity index (χ4v) is 5.59. The van der Waals surface area contributed by atoms with Crippen LogP contribution in [0, 0.1) is 27.7 Å². The molecule has 0 heterocycles. The molecule has 0 saturated carbocycles. The van der Waals surface area contributed by atoms with E-state index in [0.717, 1.165) is 21.0 Å². The second-order valence-corrected chi connectivity index (χ2v) is 10.2. The van der Waals surface area contributed by atoms with Gasteiger partial charge in [0.2, 0.25) is 10.0 Å². The Bertz CT molecular complexity index is 1290. The van der Waals surface area contributed by atoms with Gasteiger partial charge in [0.1, 0.15) is 5.75 Å². The lowest BCUT2D eigenvalue weighted by Crippen LogP contribution is -2.39. The van der Waals surface area contributed by atoms with Gasteiger partial charge in [0.15, 0.2) is 0 Å². The standard InChI is InChI=1S/C26H29N3O4S/c1-18-9-11-22(12-10-18)16-29(34(32,33)26-20(3)13-19(2)14-21(26)4)17-25(31)28-27-15-23-7-5-6-8-24(23)30/h5-15,30H,16-17H2,1-4H3,(H,28,31). The topological polar surface area (TPSA) is 99.1 Å². The van der Waals surface area contributed by atoms with Crippen LogP contribution in [0.1, 0.15) is 33.4 Å². The van der Waals surface area contributed by atoms with Crippen molar-refractivity contribution in [3.8, 4) is 5.75 Å². The van der Waals surface area contributed by atoms with Crippen molar-refractivity contribution >= 4 is 22.1 Å². The van der Waals surface area contributed by atoms with Gasteiger partial charge >= 0.3 is 0 Å². The zero-order valence-corrected chi connectivity index (χ0v) is 20.6. The van der Waals surface area contributed by atoms with Crippen LogP contribution in [0.2, 0.25) is 0 Å². The van der Waals surface area contributed by atoms with Crippen LogP contribution in [0.15, 0.2) is 70.7 Å². The number of hydrazone groups is 1. The van der Waals surface area contributed by atoms with Crippen molar-refractivity contribution in [2.24, 2.45) is 5.10 Å². The maximum absolute atomic E-state index is 13.7. The summed E-state index contributed by atoms with van der Waals surface area (Å²) in [5, 5.41) is 13.7. The number of hydrogen-bond donors (Lipinski definition) is 2. The maximum Gasteiger partial charge on any atom is 0.255 e. The summed E-state index contributed by atoms with van der Waals surface area (Å²) in [4.78, 5) is 12.9. The van der Waals surface area contributed by atoms with Crippen molar-refractivity contribution in [2.75, 3.05) is 6.54 Å². The summed E-state index contributed by atoms with van der Waals surface area (Å²) in [5.74, 6) is -0.570. The number of phenols is 1. The van der Waals surface area contributed by atoms with Crippen molar-refractivity contribution in [1.29, 1.82) is 0 Å². The lowest BCUT2D eigenvalue weighted by atomic mass is 10.1. The molecular formula is C26H29N3O4S. The Morgan fingerprint density at radius 3 is 2.21 bits per heavy atom. The Labute approximate surface area is 200 Å². The Kier molecular flexibility index (Phi) is 7.86. The van der Waals surface area contributed by atoms with E-state index >= 15 is 0 Å². The van der Waals surface area contributed by atoms with Gasteiger partial charge in [0.25, 0.3) is 5.91 Å². The summed E-state index contributed by atoms with van der Waals surface area (Å²) in [6, 6.07) is 17.7. The Balaban J connectivity index is 1.88. The smallest absolute Gasteiger partial charge is 0.255 e. The van der Waals surface area contributed by atoms with Crippen molar-refractivity contribution in [2.45, 2.75) is 39.1 Å². The van der Waals surface area contributed by atoms with Crippen molar-refractivity contribution in [3.63, 3.8) is 0 Å². The molecule has 0 aliphatic heterocycles. The molecule has 0 saturated heterocycles. The average molecular weight is 480 g/mol. The highest BCUT2D eigenvalue weighted by molar-refractivity contribution is 7.89. The van der Waals surface area contributed by atoms with Crippen LogP contribution in [-0.2, 0) is 21.4 Å². The van der Waals surface area contributed by atoms with E-state index in [4.69, 9.17) is 0 Å². The molecule has 0 aromatic heterocycles. The molecule has 3 aromatic rings. The number of carbonyl (C=O) groups excluding carboxylic acids is 1. The second kappa shape index (κ2) is 10.6. The van der Waals surface area contributed by atoms with Gasteiger partial charge < -0.3 is 5.11 Å². The Morgan fingerprint density at radius 2 is 1.59 bits per heavy atom. The molecule has 34 heavy (non-hydrogen) atoms. The first kappa shape index (κ1) is 25.1. The number of rotatable bonds is 8. The third kappa shape index (κ3) is 6.09. The summed E-state index contributed by atoms with van der Waals surface area (Å²) in [6.45, 7) is 7.00.